The van der Waals surface area contributed by atoms with Crippen LogP contribution in [0, 0.1) is 0 Å². The van der Waals surface area contributed by atoms with E-state index >= 15 is 0 Å². The topological polar surface area (TPSA) is 108 Å². The molecule has 1 rings (SSSR count). The van der Waals surface area contributed by atoms with E-state index < -0.39 is 18.5 Å². The average molecular weight is 304 g/mol. The zero-order valence-electron chi connectivity index (χ0n) is 11.8. The van der Waals surface area contributed by atoms with Gasteiger partial charge in [-0.15, -0.1) is 0 Å². The first-order valence-electron chi connectivity index (χ1n) is 6.66. The van der Waals surface area contributed by atoms with Crippen molar-refractivity contribution in [3.8, 4) is 0 Å². The van der Waals surface area contributed by atoms with Gasteiger partial charge in [0.1, 0.15) is 11.4 Å². The van der Waals surface area contributed by atoms with E-state index in [0.717, 1.165) is 0 Å². The van der Waals surface area contributed by atoms with Crippen molar-refractivity contribution in [2.75, 3.05) is 37.0 Å². The van der Waals surface area contributed by atoms with E-state index in [1.54, 1.807) is 13.8 Å². The SMILES string of the molecule is CCOP(=O)(CCCCNc1c(N)c(=O)c1=O)OCC. The third-order valence-corrected chi connectivity index (χ3v) is 4.93. The van der Waals surface area contributed by atoms with Crippen LogP contribution in [0.2, 0.25) is 0 Å². The molecule has 8 heteroatoms. The minimum absolute atomic E-state index is 0.00990. The van der Waals surface area contributed by atoms with Crippen LogP contribution in [-0.2, 0) is 13.6 Å². The molecule has 20 heavy (non-hydrogen) atoms. The number of anilines is 2. The maximum atomic E-state index is 12.1. The Hall–Kier alpha value is -1.17. The Morgan fingerprint density at radius 3 is 2.20 bits per heavy atom. The first-order valence-corrected chi connectivity index (χ1v) is 8.38. The normalized spacial score (nSPS) is 11.9. The molecule has 0 atom stereocenters. The molecule has 0 aliphatic rings. The van der Waals surface area contributed by atoms with Gasteiger partial charge in [0.05, 0.1) is 19.4 Å². The molecular weight excluding hydrogens is 283 g/mol. The molecule has 0 saturated carbocycles. The standard InChI is InChI=1S/C12H21N2O5P/c1-3-18-20(17,19-4-2)8-6-5-7-14-10-9(13)11(15)12(10)16/h14H,3-8,13H2,1-2H3. The average Bonchev–Trinajstić information content (AvgIpc) is 2.42. The van der Waals surface area contributed by atoms with Crippen LogP contribution in [0.4, 0.5) is 11.4 Å². The maximum Gasteiger partial charge on any atom is 0.330 e. The minimum atomic E-state index is -3.00. The molecule has 0 heterocycles. The molecule has 1 aromatic rings. The van der Waals surface area contributed by atoms with Gasteiger partial charge in [0.2, 0.25) is 0 Å². The van der Waals surface area contributed by atoms with Gasteiger partial charge in [-0.25, -0.2) is 0 Å². The van der Waals surface area contributed by atoms with E-state index in [2.05, 4.69) is 5.32 Å². The Kier molecular flexibility index (Phi) is 6.39. The minimum Gasteiger partial charge on any atom is -0.394 e. The summed E-state index contributed by atoms with van der Waals surface area (Å²) in [7, 11) is -3.00. The highest BCUT2D eigenvalue weighted by atomic mass is 31.2. The van der Waals surface area contributed by atoms with Gasteiger partial charge in [0.25, 0.3) is 10.9 Å². The van der Waals surface area contributed by atoms with Crippen LogP contribution in [0.3, 0.4) is 0 Å². The number of nitrogens with two attached hydrogens (primary N) is 1. The van der Waals surface area contributed by atoms with E-state index in [1.807, 2.05) is 0 Å². The van der Waals surface area contributed by atoms with Crippen molar-refractivity contribution < 1.29 is 13.6 Å². The second-order valence-electron chi connectivity index (χ2n) is 4.25. The van der Waals surface area contributed by atoms with Crippen molar-refractivity contribution in [3.05, 3.63) is 20.4 Å². The fourth-order valence-electron chi connectivity index (χ4n) is 1.79. The highest BCUT2D eigenvalue weighted by molar-refractivity contribution is 7.53. The fraction of sp³-hybridized carbons (Fsp3) is 0.667. The molecule has 0 saturated heterocycles. The molecule has 0 aliphatic heterocycles. The second kappa shape index (κ2) is 7.57. The summed E-state index contributed by atoms with van der Waals surface area (Å²) >= 11 is 0. The Labute approximate surface area is 117 Å². The lowest BCUT2D eigenvalue weighted by atomic mass is 10.2. The molecule has 0 unspecified atom stereocenters. The van der Waals surface area contributed by atoms with Crippen LogP contribution >= 0.6 is 7.60 Å². The van der Waals surface area contributed by atoms with Crippen LogP contribution in [0.25, 0.3) is 0 Å². The maximum absolute atomic E-state index is 12.1. The number of hydrogen-bond acceptors (Lipinski definition) is 7. The summed E-state index contributed by atoms with van der Waals surface area (Å²) in [5, 5.41) is 2.81. The number of unbranched alkanes of at least 4 members (excludes halogenated alkanes) is 1. The predicted molar refractivity (Wildman–Crippen MR) is 79.2 cm³/mol. The Bertz CT molecular complexity index is 540. The zero-order chi connectivity index (χ0) is 15.2. The highest BCUT2D eigenvalue weighted by Gasteiger charge is 2.22. The molecule has 3 N–H and O–H groups in total. The van der Waals surface area contributed by atoms with Crippen LogP contribution in [0.15, 0.2) is 9.59 Å². The van der Waals surface area contributed by atoms with Crippen molar-refractivity contribution >= 4 is 19.0 Å². The first kappa shape index (κ1) is 16.9. The molecular formula is C12H21N2O5P. The van der Waals surface area contributed by atoms with Gasteiger partial charge < -0.3 is 20.1 Å². The van der Waals surface area contributed by atoms with Crippen LogP contribution in [0.1, 0.15) is 26.7 Å². The van der Waals surface area contributed by atoms with Crippen molar-refractivity contribution in [1.82, 2.24) is 0 Å². The van der Waals surface area contributed by atoms with E-state index in [1.165, 1.54) is 0 Å². The summed E-state index contributed by atoms with van der Waals surface area (Å²) in [6.45, 7) is 4.70. The summed E-state index contributed by atoms with van der Waals surface area (Å²) in [6, 6.07) is 0. The number of nitrogen functional groups attached to an aromatic ring is 1. The zero-order valence-corrected chi connectivity index (χ0v) is 12.7. The largest absolute Gasteiger partial charge is 0.394 e. The quantitative estimate of drug-likeness (QED) is 0.381. The number of rotatable bonds is 10. The van der Waals surface area contributed by atoms with E-state index in [0.29, 0.717) is 38.8 Å². The van der Waals surface area contributed by atoms with Crippen molar-refractivity contribution in [2.45, 2.75) is 26.7 Å². The molecule has 114 valence electrons. The molecule has 0 bridgehead atoms. The van der Waals surface area contributed by atoms with Gasteiger partial charge in [-0.3, -0.25) is 14.2 Å². The van der Waals surface area contributed by atoms with Gasteiger partial charge in [-0.1, -0.05) is 0 Å². The predicted octanol–water partition coefficient (Wildman–Crippen LogP) is 1.32. The Morgan fingerprint density at radius 2 is 1.70 bits per heavy atom. The van der Waals surface area contributed by atoms with Crippen molar-refractivity contribution in [3.63, 3.8) is 0 Å². The highest BCUT2D eigenvalue weighted by Crippen LogP contribution is 2.48. The lowest BCUT2D eigenvalue weighted by Crippen LogP contribution is -2.37. The van der Waals surface area contributed by atoms with Crippen molar-refractivity contribution in [1.29, 1.82) is 0 Å². The molecule has 0 amide bonds. The van der Waals surface area contributed by atoms with E-state index in [4.69, 9.17) is 14.8 Å². The molecule has 0 aliphatic carbocycles. The van der Waals surface area contributed by atoms with Crippen molar-refractivity contribution in [2.24, 2.45) is 0 Å². The third kappa shape index (κ3) is 4.16. The van der Waals surface area contributed by atoms with Gasteiger partial charge in [0.15, 0.2) is 0 Å². The summed E-state index contributed by atoms with van der Waals surface area (Å²) in [6.07, 6.45) is 1.62. The molecule has 1 aromatic carbocycles. The summed E-state index contributed by atoms with van der Waals surface area (Å²) in [4.78, 5) is 22.0. The van der Waals surface area contributed by atoms with Crippen LogP contribution in [-0.4, -0.2) is 25.9 Å². The molecule has 0 spiro atoms. The van der Waals surface area contributed by atoms with Crippen LogP contribution < -0.4 is 21.9 Å². The third-order valence-electron chi connectivity index (χ3n) is 2.76. The molecule has 0 aromatic heterocycles. The van der Waals surface area contributed by atoms with E-state index in [9.17, 15) is 14.2 Å². The number of hydrogen-bond donors (Lipinski definition) is 2. The summed E-state index contributed by atoms with van der Waals surface area (Å²) < 4.78 is 22.5. The van der Waals surface area contributed by atoms with E-state index in [-0.39, 0.29) is 11.4 Å². The van der Waals surface area contributed by atoms with Gasteiger partial charge in [-0.2, -0.15) is 0 Å². The smallest absolute Gasteiger partial charge is 0.330 e. The van der Waals surface area contributed by atoms with Gasteiger partial charge in [-0.05, 0) is 26.7 Å². The fourth-order valence-corrected chi connectivity index (χ4v) is 3.52. The Balaban J connectivity index is 2.30. The second-order valence-corrected chi connectivity index (χ2v) is 6.44. The summed E-state index contributed by atoms with van der Waals surface area (Å²) in [5.41, 5.74) is 4.35. The number of nitrogens with one attached hydrogen (secondary N) is 1. The monoisotopic (exact) mass is 304 g/mol. The first-order chi connectivity index (χ1) is 9.45. The van der Waals surface area contributed by atoms with Gasteiger partial charge >= 0.3 is 7.60 Å². The molecule has 7 nitrogen and oxygen atoms in total. The Morgan fingerprint density at radius 1 is 1.10 bits per heavy atom. The van der Waals surface area contributed by atoms with Gasteiger partial charge in [0, 0.05) is 6.54 Å². The lowest BCUT2D eigenvalue weighted by Gasteiger charge is -2.17. The molecule has 0 fully saturated rings. The molecule has 0 radical (unpaired) electrons. The lowest BCUT2D eigenvalue weighted by molar-refractivity contribution is 0.219. The summed E-state index contributed by atoms with van der Waals surface area (Å²) in [5.74, 6) is 0. The van der Waals surface area contributed by atoms with Crippen LogP contribution in [0.5, 0.6) is 0 Å².